The molecular weight excluding hydrogens is 448 g/mol. The van der Waals surface area contributed by atoms with Crippen LogP contribution in [-0.2, 0) is 4.74 Å². The van der Waals surface area contributed by atoms with Gasteiger partial charge in [-0.1, -0.05) is 6.07 Å². The van der Waals surface area contributed by atoms with Crippen molar-refractivity contribution in [2.75, 3.05) is 24.4 Å². The van der Waals surface area contributed by atoms with E-state index in [0.717, 1.165) is 16.8 Å². The third-order valence-electron chi connectivity index (χ3n) is 5.41. The molecule has 180 valence electrons. The number of hydrogen-bond donors (Lipinski definition) is 3. The van der Waals surface area contributed by atoms with E-state index in [2.05, 4.69) is 36.0 Å². The molecule has 1 atom stereocenters. The number of carbonyl (C=O) groups is 2. The molecule has 11 heteroatoms. The average molecular weight is 475 g/mol. The molecule has 11 nitrogen and oxygen atoms in total. The van der Waals surface area contributed by atoms with Crippen LogP contribution in [0.25, 0.3) is 5.52 Å². The quantitative estimate of drug-likeness (QED) is 0.355. The number of nitrogens with one attached hydrogen (secondary N) is 3. The average Bonchev–Trinajstić information content (AvgIpc) is 3.19. The summed E-state index contributed by atoms with van der Waals surface area (Å²) in [4.78, 5) is 37.6. The number of hydrogen-bond acceptors (Lipinski definition) is 8. The molecule has 0 fully saturated rings. The first-order chi connectivity index (χ1) is 16.9. The zero-order valence-electron chi connectivity index (χ0n) is 19.9. The van der Waals surface area contributed by atoms with E-state index < -0.39 is 0 Å². The molecule has 4 rings (SSSR count). The Balaban J connectivity index is 1.61. The number of nitrogens with zero attached hydrogens (tertiary/aromatic N) is 5. The number of amides is 2. The van der Waals surface area contributed by atoms with Gasteiger partial charge in [-0.05, 0) is 44.0 Å². The van der Waals surface area contributed by atoms with Crippen LogP contribution in [0, 0.1) is 13.8 Å². The van der Waals surface area contributed by atoms with E-state index in [-0.39, 0.29) is 23.6 Å². The second-order valence-corrected chi connectivity index (χ2v) is 8.10. The fourth-order valence-corrected chi connectivity index (χ4v) is 3.65. The normalized spacial score (nSPS) is 11.8. The Morgan fingerprint density at radius 2 is 1.97 bits per heavy atom. The molecule has 0 aliphatic carbocycles. The van der Waals surface area contributed by atoms with Gasteiger partial charge in [0.15, 0.2) is 5.82 Å². The third-order valence-corrected chi connectivity index (χ3v) is 5.41. The molecule has 3 N–H and O–H groups in total. The van der Waals surface area contributed by atoms with Gasteiger partial charge >= 0.3 is 0 Å². The summed E-state index contributed by atoms with van der Waals surface area (Å²) in [5, 5.41) is 13.3. The lowest BCUT2D eigenvalue weighted by Gasteiger charge is -2.13. The Morgan fingerprint density at radius 1 is 1.14 bits per heavy atom. The summed E-state index contributed by atoms with van der Waals surface area (Å²) >= 11 is 0. The maximum Gasteiger partial charge on any atom is 0.275 e. The highest BCUT2D eigenvalue weighted by molar-refractivity contribution is 6.03. The summed E-state index contributed by atoms with van der Waals surface area (Å²) in [5.74, 6) is -0.0477. The third kappa shape index (κ3) is 5.25. The predicted molar refractivity (Wildman–Crippen MR) is 131 cm³/mol. The lowest BCUT2D eigenvalue weighted by atomic mass is 10.1. The first kappa shape index (κ1) is 23.8. The zero-order valence-corrected chi connectivity index (χ0v) is 19.9. The van der Waals surface area contributed by atoms with Crippen molar-refractivity contribution in [3.8, 4) is 0 Å². The molecule has 0 aliphatic heterocycles. The van der Waals surface area contributed by atoms with Gasteiger partial charge in [-0.15, -0.1) is 0 Å². The SMILES string of the molecule is COC[C@H](C)NC(=O)c1cn2ncnc(Nc3cc(NC(=O)c4cnccn4)ccc3C)c2c1C. The van der Waals surface area contributed by atoms with Crippen LogP contribution >= 0.6 is 0 Å². The van der Waals surface area contributed by atoms with Crippen LogP contribution in [0.15, 0.2) is 49.3 Å². The van der Waals surface area contributed by atoms with E-state index >= 15 is 0 Å². The van der Waals surface area contributed by atoms with Gasteiger partial charge in [0, 0.05) is 43.1 Å². The predicted octanol–water partition coefficient (Wildman–Crippen LogP) is 2.90. The Labute approximate surface area is 202 Å². The van der Waals surface area contributed by atoms with Crippen LogP contribution in [0.5, 0.6) is 0 Å². The van der Waals surface area contributed by atoms with Crippen LogP contribution in [0.2, 0.25) is 0 Å². The van der Waals surface area contributed by atoms with Crippen molar-refractivity contribution in [2.24, 2.45) is 0 Å². The lowest BCUT2D eigenvalue weighted by molar-refractivity contribution is 0.0904. The number of ether oxygens (including phenoxy) is 1. The summed E-state index contributed by atoms with van der Waals surface area (Å²) in [6, 6.07) is 5.35. The van der Waals surface area contributed by atoms with Crippen LogP contribution < -0.4 is 16.0 Å². The number of fused-ring (bicyclic) bond motifs is 1. The number of aryl methyl sites for hydroxylation is 2. The number of benzene rings is 1. The molecule has 0 radical (unpaired) electrons. The van der Waals surface area contributed by atoms with Gasteiger partial charge in [0.1, 0.15) is 17.5 Å². The number of carbonyl (C=O) groups excluding carboxylic acids is 2. The van der Waals surface area contributed by atoms with Crippen molar-refractivity contribution in [2.45, 2.75) is 26.8 Å². The van der Waals surface area contributed by atoms with Gasteiger partial charge < -0.3 is 20.7 Å². The molecule has 35 heavy (non-hydrogen) atoms. The number of methoxy groups -OCH3 is 1. The van der Waals surface area contributed by atoms with Gasteiger partial charge in [0.2, 0.25) is 0 Å². The summed E-state index contributed by atoms with van der Waals surface area (Å²) in [5.41, 5.74) is 4.38. The molecular formula is C24H26N8O3. The van der Waals surface area contributed by atoms with Gasteiger partial charge in [0.05, 0.1) is 18.4 Å². The van der Waals surface area contributed by atoms with Crippen molar-refractivity contribution in [1.82, 2.24) is 29.9 Å². The molecule has 0 saturated carbocycles. The Hall–Kier alpha value is -4.38. The highest BCUT2D eigenvalue weighted by Gasteiger charge is 2.20. The summed E-state index contributed by atoms with van der Waals surface area (Å²) in [6.45, 7) is 6.08. The van der Waals surface area contributed by atoms with Crippen molar-refractivity contribution >= 4 is 34.5 Å². The minimum atomic E-state index is -0.363. The van der Waals surface area contributed by atoms with Crippen LogP contribution in [-0.4, -0.2) is 56.1 Å². The molecule has 0 unspecified atom stereocenters. The summed E-state index contributed by atoms with van der Waals surface area (Å²) in [6.07, 6.45) is 7.46. The van der Waals surface area contributed by atoms with Gasteiger partial charge in [-0.3, -0.25) is 14.6 Å². The Kier molecular flexibility index (Phi) is 6.97. The van der Waals surface area contributed by atoms with E-state index in [9.17, 15) is 9.59 Å². The molecule has 3 heterocycles. The Bertz CT molecular complexity index is 1370. The largest absolute Gasteiger partial charge is 0.383 e. The first-order valence-corrected chi connectivity index (χ1v) is 10.9. The van der Waals surface area contributed by atoms with E-state index in [0.29, 0.717) is 29.2 Å². The van der Waals surface area contributed by atoms with Gasteiger partial charge in [-0.25, -0.2) is 14.5 Å². The van der Waals surface area contributed by atoms with Crippen molar-refractivity contribution in [3.63, 3.8) is 0 Å². The van der Waals surface area contributed by atoms with Crippen molar-refractivity contribution in [1.29, 1.82) is 0 Å². The fourth-order valence-electron chi connectivity index (χ4n) is 3.65. The smallest absolute Gasteiger partial charge is 0.275 e. The summed E-state index contributed by atoms with van der Waals surface area (Å²) in [7, 11) is 1.59. The second-order valence-electron chi connectivity index (χ2n) is 8.10. The first-order valence-electron chi connectivity index (χ1n) is 10.9. The lowest BCUT2D eigenvalue weighted by Crippen LogP contribution is -2.35. The van der Waals surface area contributed by atoms with Crippen LogP contribution in [0.4, 0.5) is 17.2 Å². The highest BCUT2D eigenvalue weighted by atomic mass is 16.5. The van der Waals surface area contributed by atoms with Gasteiger partial charge in [-0.2, -0.15) is 5.10 Å². The second kappa shape index (κ2) is 10.3. The minimum Gasteiger partial charge on any atom is -0.383 e. The molecule has 0 bridgehead atoms. The molecule has 0 aliphatic rings. The standard InChI is InChI=1S/C24H26N8O3/c1-14-5-6-17(30-24(34)20-10-25-7-8-26-20)9-19(14)31-22-21-16(3)18(11-32(21)28-13-27-22)23(33)29-15(2)12-35-4/h5-11,13,15H,12H2,1-4H3,(H,29,33)(H,30,34)(H,27,28,31)/t15-/m0/s1. The maximum absolute atomic E-state index is 12.8. The number of anilines is 3. The topological polar surface area (TPSA) is 135 Å². The zero-order chi connectivity index (χ0) is 24.9. The van der Waals surface area contributed by atoms with E-state index in [4.69, 9.17) is 4.74 Å². The monoisotopic (exact) mass is 474 g/mol. The molecule has 0 saturated heterocycles. The maximum atomic E-state index is 12.8. The summed E-state index contributed by atoms with van der Waals surface area (Å²) < 4.78 is 6.72. The minimum absolute atomic E-state index is 0.138. The molecule has 4 aromatic rings. The molecule has 0 spiro atoms. The van der Waals surface area contributed by atoms with E-state index in [1.807, 2.05) is 26.8 Å². The molecule has 3 aromatic heterocycles. The van der Waals surface area contributed by atoms with E-state index in [1.165, 1.54) is 24.9 Å². The van der Waals surface area contributed by atoms with Crippen LogP contribution in [0.1, 0.15) is 38.9 Å². The van der Waals surface area contributed by atoms with E-state index in [1.54, 1.807) is 30.0 Å². The molecule has 2 amide bonds. The fraction of sp³-hybridized carbons (Fsp3) is 0.250. The number of rotatable bonds is 8. The van der Waals surface area contributed by atoms with Crippen molar-refractivity contribution in [3.05, 3.63) is 71.7 Å². The van der Waals surface area contributed by atoms with Crippen molar-refractivity contribution < 1.29 is 14.3 Å². The Morgan fingerprint density at radius 3 is 2.71 bits per heavy atom. The number of aromatic nitrogens is 5. The highest BCUT2D eigenvalue weighted by Crippen LogP contribution is 2.28. The van der Waals surface area contributed by atoms with Gasteiger partial charge in [0.25, 0.3) is 11.8 Å². The van der Waals surface area contributed by atoms with Crippen LogP contribution in [0.3, 0.4) is 0 Å². The molecule has 1 aromatic carbocycles.